The van der Waals surface area contributed by atoms with Crippen molar-refractivity contribution in [3.05, 3.63) is 35.2 Å². The Morgan fingerprint density at radius 2 is 2.20 bits per heavy atom. The summed E-state index contributed by atoms with van der Waals surface area (Å²) in [6, 6.07) is 9.21. The molecule has 20 heavy (non-hydrogen) atoms. The van der Waals surface area contributed by atoms with Gasteiger partial charge in [-0.2, -0.15) is 0 Å². The Kier molecular flexibility index (Phi) is 4.39. The third-order valence-corrected chi connectivity index (χ3v) is 5.31. The molecule has 0 spiro atoms. The van der Waals surface area contributed by atoms with Gasteiger partial charge in [0.15, 0.2) is 0 Å². The molecule has 1 aromatic carbocycles. The third-order valence-electron chi connectivity index (χ3n) is 4.30. The standard InChI is InChI=1S/C17H23NOS/c1-13(19)10-15-6-4-5-9-18(15)11-14-12-20-17-8-3-2-7-16(14)17/h2-3,7-8,12-13,15,19H,4-6,9-11H2,1H3. The molecule has 2 unspecified atom stereocenters. The zero-order valence-electron chi connectivity index (χ0n) is 12.1. The van der Waals surface area contributed by atoms with Gasteiger partial charge in [0.2, 0.25) is 0 Å². The number of piperidine rings is 1. The topological polar surface area (TPSA) is 23.5 Å². The Bertz CT molecular complexity index is 563. The smallest absolute Gasteiger partial charge is 0.0527 e. The van der Waals surface area contributed by atoms with Gasteiger partial charge in [0.1, 0.15) is 0 Å². The Morgan fingerprint density at radius 3 is 3.05 bits per heavy atom. The number of aliphatic hydroxyl groups excluding tert-OH is 1. The van der Waals surface area contributed by atoms with Crippen LogP contribution in [0.5, 0.6) is 0 Å². The largest absolute Gasteiger partial charge is 0.393 e. The highest BCUT2D eigenvalue weighted by Crippen LogP contribution is 2.29. The first-order valence-electron chi connectivity index (χ1n) is 7.61. The van der Waals surface area contributed by atoms with Crippen molar-refractivity contribution in [2.24, 2.45) is 0 Å². The van der Waals surface area contributed by atoms with Gasteiger partial charge in [0.25, 0.3) is 0 Å². The SMILES string of the molecule is CC(O)CC1CCCCN1Cc1csc2ccccc12. The lowest BCUT2D eigenvalue weighted by molar-refractivity contribution is 0.0821. The number of hydrogen-bond donors (Lipinski definition) is 1. The predicted molar refractivity (Wildman–Crippen MR) is 86.2 cm³/mol. The quantitative estimate of drug-likeness (QED) is 0.918. The Hall–Kier alpha value is -0.900. The summed E-state index contributed by atoms with van der Waals surface area (Å²) in [7, 11) is 0. The first-order valence-corrected chi connectivity index (χ1v) is 8.49. The minimum Gasteiger partial charge on any atom is -0.393 e. The second-order valence-corrected chi connectivity index (χ2v) is 6.87. The number of thiophene rings is 1. The number of benzene rings is 1. The fourth-order valence-corrected chi connectivity index (χ4v) is 4.26. The second kappa shape index (κ2) is 6.25. The number of rotatable bonds is 4. The van der Waals surface area contributed by atoms with Crippen molar-refractivity contribution in [3.8, 4) is 0 Å². The molecule has 2 heterocycles. The van der Waals surface area contributed by atoms with Crippen LogP contribution < -0.4 is 0 Å². The van der Waals surface area contributed by atoms with Crippen molar-refractivity contribution < 1.29 is 5.11 Å². The van der Waals surface area contributed by atoms with Crippen LogP contribution in [0.2, 0.25) is 0 Å². The van der Waals surface area contributed by atoms with E-state index in [2.05, 4.69) is 34.5 Å². The zero-order chi connectivity index (χ0) is 13.9. The van der Waals surface area contributed by atoms with Gasteiger partial charge in [-0.05, 0) is 55.1 Å². The van der Waals surface area contributed by atoms with Crippen LogP contribution in [0, 0.1) is 0 Å². The molecule has 1 aliphatic heterocycles. The summed E-state index contributed by atoms with van der Waals surface area (Å²) in [5.41, 5.74) is 1.45. The molecule has 0 saturated carbocycles. The molecule has 0 aliphatic carbocycles. The van der Waals surface area contributed by atoms with Gasteiger partial charge in [-0.15, -0.1) is 11.3 Å². The van der Waals surface area contributed by atoms with E-state index in [9.17, 15) is 5.11 Å². The fraction of sp³-hybridized carbons (Fsp3) is 0.529. The van der Waals surface area contributed by atoms with Gasteiger partial charge in [-0.1, -0.05) is 24.6 Å². The molecule has 1 saturated heterocycles. The summed E-state index contributed by atoms with van der Waals surface area (Å²) in [5.74, 6) is 0. The Labute approximate surface area is 125 Å². The van der Waals surface area contributed by atoms with Gasteiger partial charge in [-0.3, -0.25) is 4.90 Å². The highest BCUT2D eigenvalue weighted by atomic mass is 32.1. The number of hydrogen-bond acceptors (Lipinski definition) is 3. The first kappa shape index (κ1) is 14.1. The van der Waals surface area contributed by atoms with Crippen LogP contribution in [0.4, 0.5) is 0 Å². The molecule has 3 rings (SSSR count). The summed E-state index contributed by atoms with van der Waals surface area (Å²) in [4.78, 5) is 2.57. The molecule has 2 aromatic rings. The number of aliphatic hydroxyl groups is 1. The maximum absolute atomic E-state index is 9.70. The third kappa shape index (κ3) is 3.05. The number of likely N-dealkylation sites (tertiary alicyclic amines) is 1. The van der Waals surface area contributed by atoms with Crippen LogP contribution >= 0.6 is 11.3 Å². The van der Waals surface area contributed by atoms with Crippen LogP contribution in [0.15, 0.2) is 29.6 Å². The van der Waals surface area contributed by atoms with Crippen molar-refractivity contribution in [1.29, 1.82) is 0 Å². The maximum Gasteiger partial charge on any atom is 0.0527 e. The lowest BCUT2D eigenvalue weighted by Crippen LogP contribution is -2.40. The summed E-state index contributed by atoms with van der Waals surface area (Å²) < 4.78 is 1.38. The molecule has 3 heteroatoms. The minimum absolute atomic E-state index is 0.195. The van der Waals surface area contributed by atoms with Crippen molar-refractivity contribution in [3.63, 3.8) is 0 Å². The highest BCUT2D eigenvalue weighted by Gasteiger charge is 2.24. The van der Waals surface area contributed by atoms with E-state index < -0.39 is 0 Å². The van der Waals surface area contributed by atoms with Crippen LogP contribution in [-0.2, 0) is 6.54 Å². The van der Waals surface area contributed by atoms with E-state index in [0.717, 1.165) is 13.0 Å². The molecular weight excluding hydrogens is 266 g/mol. The summed E-state index contributed by atoms with van der Waals surface area (Å²) in [5, 5.41) is 13.4. The van der Waals surface area contributed by atoms with Crippen LogP contribution in [0.1, 0.15) is 38.2 Å². The first-order chi connectivity index (χ1) is 9.74. The molecule has 1 fully saturated rings. The van der Waals surface area contributed by atoms with E-state index in [1.807, 2.05) is 18.3 Å². The van der Waals surface area contributed by atoms with E-state index in [-0.39, 0.29) is 6.10 Å². The number of nitrogens with zero attached hydrogens (tertiary/aromatic N) is 1. The zero-order valence-corrected chi connectivity index (χ0v) is 12.9. The predicted octanol–water partition coefficient (Wildman–Crippen LogP) is 4.03. The molecule has 2 atom stereocenters. The molecule has 108 valence electrons. The van der Waals surface area contributed by atoms with Crippen molar-refractivity contribution in [2.75, 3.05) is 6.54 Å². The van der Waals surface area contributed by atoms with Crippen LogP contribution in [-0.4, -0.2) is 28.7 Å². The molecule has 2 nitrogen and oxygen atoms in total. The van der Waals surface area contributed by atoms with Gasteiger partial charge in [0.05, 0.1) is 6.10 Å². The van der Waals surface area contributed by atoms with Gasteiger partial charge in [0, 0.05) is 17.3 Å². The van der Waals surface area contributed by atoms with E-state index in [1.54, 1.807) is 0 Å². The van der Waals surface area contributed by atoms with E-state index in [0.29, 0.717) is 6.04 Å². The minimum atomic E-state index is -0.195. The van der Waals surface area contributed by atoms with E-state index in [1.165, 1.54) is 41.5 Å². The monoisotopic (exact) mass is 289 g/mol. The van der Waals surface area contributed by atoms with Gasteiger partial charge >= 0.3 is 0 Å². The van der Waals surface area contributed by atoms with Crippen molar-refractivity contribution in [2.45, 2.75) is 51.3 Å². The van der Waals surface area contributed by atoms with Crippen molar-refractivity contribution >= 4 is 21.4 Å². The Morgan fingerprint density at radius 1 is 1.35 bits per heavy atom. The normalized spacial score (nSPS) is 22.2. The number of fused-ring (bicyclic) bond motifs is 1. The molecular formula is C17H23NOS. The fourth-order valence-electron chi connectivity index (χ4n) is 3.30. The van der Waals surface area contributed by atoms with E-state index >= 15 is 0 Å². The lowest BCUT2D eigenvalue weighted by Gasteiger charge is -2.36. The summed E-state index contributed by atoms with van der Waals surface area (Å²) >= 11 is 1.84. The van der Waals surface area contributed by atoms with Gasteiger partial charge in [-0.25, -0.2) is 0 Å². The second-order valence-electron chi connectivity index (χ2n) is 5.96. The average molecular weight is 289 g/mol. The Balaban J connectivity index is 1.77. The lowest BCUT2D eigenvalue weighted by atomic mass is 9.96. The van der Waals surface area contributed by atoms with Gasteiger partial charge < -0.3 is 5.11 Å². The summed E-state index contributed by atoms with van der Waals surface area (Å²) in [6.45, 7) is 4.11. The molecule has 0 bridgehead atoms. The van der Waals surface area contributed by atoms with Crippen LogP contribution in [0.3, 0.4) is 0 Å². The summed E-state index contributed by atoms with van der Waals surface area (Å²) in [6.07, 6.45) is 4.53. The molecule has 1 aromatic heterocycles. The molecule has 0 radical (unpaired) electrons. The molecule has 1 N–H and O–H groups in total. The van der Waals surface area contributed by atoms with Crippen molar-refractivity contribution in [1.82, 2.24) is 4.90 Å². The maximum atomic E-state index is 9.70. The van der Waals surface area contributed by atoms with Crippen LogP contribution in [0.25, 0.3) is 10.1 Å². The highest BCUT2D eigenvalue weighted by molar-refractivity contribution is 7.17. The molecule has 1 aliphatic rings. The average Bonchev–Trinajstić information content (AvgIpc) is 2.84. The van der Waals surface area contributed by atoms with E-state index in [4.69, 9.17) is 0 Å². The molecule has 0 amide bonds.